The van der Waals surface area contributed by atoms with Gasteiger partial charge in [0.25, 0.3) is 0 Å². The second kappa shape index (κ2) is 13.7. The van der Waals surface area contributed by atoms with E-state index in [1.807, 2.05) is 31.2 Å². The van der Waals surface area contributed by atoms with Crippen molar-refractivity contribution in [2.45, 2.75) is 65.0 Å². The van der Waals surface area contributed by atoms with Gasteiger partial charge in [-0.15, -0.1) is 10.2 Å². The van der Waals surface area contributed by atoms with Crippen LogP contribution >= 0.6 is 0 Å². The van der Waals surface area contributed by atoms with E-state index in [0.717, 1.165) is 87.5 Å². The van der Waals surface area contributed by atoms with Gasteiger partial charge in [-0.1, -0.05) is 18.6 Å². The number of aryl methyl sites for hydroxylation is 2. The van der Waals surface area contributed by atoms with Crippen molar-refractivity contribution < 1.29 is 9.47 Å². The third kappa shape index (κ3) is 7.82. The van der Waals surface area contributed by atoms with E-state index in [0.29, 0.717) is 6.54 Å². The highest BCUT2D eigenvalue weighted by Gasteiger charge is 2.14. The summed E-state index contributed by atoms with van der Waals surface area (Å²) in [6.07, 6.45) is 7.65. The Morgan fingerprint density at radius 2 is 1.88 bits per heavy atom. The molecule has 0 amide bonds. The summed E-state index contributed by atoms with van der Waals surface area (Å²) < 4.78 is 13.0. The third-order valence-corrected chi connectivity index (χ3v) is 5.60. The third-order valence-electron chi connectivity index (χ3n) is 5.60. The number of guanidine groups is 1. The van der Waals surface area contributed by atoms with Gasteiger partial charge in [0.1, 0.15) is 17.4 Å². The van der Waals surface area contributed by atoms with Crippen molar-refractivity contribution in [3.05, 3.63) is 41.5 Å². The van der Waals surface area contributed by atoms with Crippen LogP contribution in [0, 0.1) is 0 Å². The maximum Gasteiger partial charge on any atom is 0.191 e. The maximum absolute atomic E-state index is 5.43. The molecule has 0 bridgehead atoms. The van der Waals surface area contributed by atoms with Crippen molar-refractivity contribution in [1.82, 2.24) is 25.4 Å². The van der Waals surface area contributed by atoms with Gasteiger partial charge in [-0.25, -0.2) is 4.99 Å². The Balaban J connectivity index is 1.49. The highest BCUT2D eigenvalue weighted by molar-refractivity contribution is 5.79. The summed E-state index contributed by atoms with van der Waals surface area (Å²) in [5.41, 5.74) is 1.15. The molecular weight excluding hydrogens is 404 g/mol. The number of fused-ring (bicyclic) bond motifs is 1. The van der Waals surface area contributed by atoms with Crippen LogP contribution in [0.5, 0.6) is 5.75 Å². The molecule has 1 aromatic heterocycles. The fraction of sp³-hybridized carbons (Fsp3) is 0.625. The molecule has 2 aromatic rings. The lowest BCUT2D eigenvalue weighted by atomic mass is 10.2. The quantitative estimate of drug-likeness (QED) is 0.298. The van der Waals surface area contributed by atoms with E-state index in [1.165, 1.54) is 19.3 Å². The van der Waals surface area contributed by atoms with E-state index >= 15 is 0 Å². The van der Waals surface area contributed by atoms with Gasteiger partial charge in [0.05, 0.1) is 13.7 Å². The van der Waals surface area contributed by atoms with E-state index in [9.17, 15) is 0 Å². The standard InChI is InChI=1S/C24H38N6O2/c1-3-32-18-8-16-26-24(27-19-20-11-13-21(31-2)14-12-20)25-15-7-10-23-29-28-22-9-5-4-6-17-30(22)23/h11-14H,3-10,15-19H2,1-2H3,(H2,25,26,27). The summed E-state index contributed by atoms with van der Waals surface area (Å²) in [5, 5.41) is 15.7. The molecule has 0 atom stereocenters. The molecule has 3 rings (SSSR count). The van der Waals surface area contributed by atoms with Crippen LogP contribution in [0.4, 0.5) is 0 Å². The fourth-order valence-corrected chi connectivity index (χ4v) is 3.78. The Labute approximate surface area is 191 Å². The molecule has 1 aromatic carbocycles. The summed E-state index contributed by atoms with van der Waals surface area (Å²) in [7, 11) is 1.68. The SMILES string of the molecule is CCOCCCNC(=NCc1ccc(OC)cc1)NCCCc1nnc2n1CCCCC2. The van der Waals surface area contributed by atoms with Crippen LogP contribution in [0.1, 0.15) is 56.2 Å². The number of aromatic nitrogens is 3. The van der Waals surface area contributed by atoms with Crippen LogP contribution in [0.15, 0.2) is 29.3 Å². The van der Waals surface area contributed by atoms with Gasteiger partial charge in [-0.05, 0) is 50.3 Å². The summed E-state index contributed by atoms with van der Waals surface area (Å²) in [6, 6.07) is 8.03. The molecule has 0 radical (unpaired) electrons. The molecule has 1 aliphatic rings. The summed E-state index contributed by atoms with van der Waals surface area (Å²) in [4.78, 5) is 4.76. The van der Waals surface area contributed by atoms with Crippen LogP contribution < -0.4 is 15.4 Å². The Bertz CT molecular complexity index is 818. The lowest BCUT2D eigenvalue weighted by molar-refractivity contribution is 0.145. The molecule has 176 valence electrons. The number of aliphatic imine (C=N–C) groups is 1. The predicted octanol–water partition coefficient (Wildman–Crippen LogP) is 3.11. The number of nitrogens with one attached hydrogen (secondary N) is 2. The average molecular weight is 443 g/mol. The Morgan fingerprint density at radius 3 is 2.66 bits per heavy atom. The minimum Gasteiger partial charge on any atom is -0.497 e. The van der Waals surface area contributed by atoms with Crippen molar-refractivity contribution in [2.24, 2.45) is 4.99 Å². The molecule has 0 aliphatic carbocycles. The van der Waals surface area contributed by atoms with Gasteiger partial charge < -0.3 is 24.7 Å². The molecule has 0 unspecified atom stereocenters. The normalized spacial score (nSPS) is 14.0. The minimum absolute atomic E-state index is 0.614. The largest absolute Gasteiger partial charge is 0.497 e. The lowest BCUT2D eigenvalue weighted by Crippen LogP contribution is -2.38. The van der Waals surface area contributed by atoms with Crippen LogP contribution in [-0.4, -0.2) is 54.1 Å². The number of methoxy groups -OCH3 is 1. The molecule has 2 heterocycles. The average Bonchev–Trinajstić information content (AvgIpc) is 3.05. The van der Waals surface area contributed by atoms with Gasteiger partial charge in [-0.2, -0.15) is 0 Å². The number of hydrogen-bond donors (Lipinski definition) is 2. The maximum atomic E-state index is 5.43. The predicted molar refractivity (Wildman–Crippen MR) is 127 cm³/mol. The first-order valence-electron chi connectivity index (χ1n) is 11.9. The number of rotatable bonds is 12. The second-order valence-electron chi connectivity index (χ2n) is 8.02. The highest BCUT2D eigenvalue weighted by Crippen LogP contribution is 2.15. The first-order valence-corrected chi connectivity index (χ1v) is 11.9. The van der Waals surface area contributed by atoms with Gasteiger partial charge >= 0.3 is 0 Å². The molecule has 0 saturated carbocycles. The molecule has 8 nitrogen and oxygen atoms in total. The molecular formula is C24H38N6O2. The summed E-state index contributed by atoms with van der Waals surface area (Å²) in [5.74, 6) is 3.96. The van der Waals surface area contributed by atoms with Crippen LogP contribution in [0.3, 0.4) is 0 Å². The van der Waals surface area contributed by atoms with Crippen molar-refractivity contribution in [3.8, 4) is 5.75 Å². The van der Waals surface area contributed by atoms with Gasteiger partial charge in [-0.3, -0.25) is 0 Å². The van der Waals surface area contributed by atoms with Crippen molar-refractivity contribution in [1.29, 1.82) is 0 Å². The Morgan fingerprint density at radius 1 is 1.06 bits per heavy atom. The molecule has 0 spiro atoms. The van der Waals surface area contributed by atoms with E-state index in [-0.39, 0.29) is 0 Å². The van der Waals surface area contributed by atoms with Crippen LogP contribution in [-0.2, 0) is 30.7 Å². The lowest BCUT2D eigenvalue weighted by Gasteiger charge is -2.13. The van der Waals surface area contributed by atoms with Crippen molar-refractivity contribution >= 4 is 5.96 Å². The summed E-state index contributed by atoms with van der Waals surface area (Å²) in [6.45, 7) is 6.86. The molecule has 0 fully saturated rings. The molecule has 8 heteroatoms. The number of nitrogens with zero attached hydrogens (tertiary/aromatic N) is 4. The highest BCUT2D eigenvalue weighted by atomic mass is 16.5. The van der Waals surface area contributed by atoms with Crippen LogP contribution in [0.2, 0.25) is 0 Å². The first-order chi connectivity index (χ1) is 15.8. The number of ether oxygens (including phenoxy) is 2. The molecule has 2 N–H and O–H groups in total. The smallest absolute Gasteiger partial charge is 0.191 e. The van der Waals surface area contributed by atoms with E-state index in [4.69, 9.17) is 14.5 Å². The Kier molecular flexibility index (Phi) is 10.3. The first kappa shape index (κ1) is 24.0. The minimum atomic E-state index is 0.614. The van der Waals surface area contributed by atoms with Gasteiger partial charge in [0, 0.05) is 45.7 Å². The zero-order chi connectivity index (χ0) is 22.4. The van der Waals surface area contributed by atoms with Crippen molar-refractivity contribution in [3.63, 3.8) is 0 Å². The second-order valence-corrected chi connectivity index (χ2v) is 8.02. The van der Waals surface area contributed by atoms with Gasteiger partial charge in [0.15, 0.2) is 5.96 Å². The summed E-state index contributed by atoms with van der Waals surface area (Å²) >= 11 is 0. The monoisotopic (exact) mass is 442 g/mol. The van der Waals surface area contributed by atoms with E-state index in [1.54, 1.807) is 7.11 Å². The molecule has 32 heavy (non-hydrogen) atoms. The number of hydrogen-bond acceptors (Lipinski definition) is 5. The zero-order valence-corrected chi connectivity index (χ0v) is 19.6. The van der Waals surface area contributed by atoms with E-state index in [2.05, 4.69) is 25.4 Å². The zero-order valence-electron chi connectivity index (χ0n) is 19.6. The van der Waals surface area contributed by atoms with Crippen molar-refractivity contribution in [2.75, 3.05) is 33.4 Å². The topological polar surface area (TPSA) is 85.6 Å². The van der Waals surface area contributed by atoms with Crippen LogP contribution in [0.25, 0.3) is 0 Å². The Hall–Kier alpha value is -2.61. The van der Waals surface area contributed by atoms with Gasteiger partial charge in [0.2, 0.25) is 0 Å². The fourth-order valence-electron chi connectivity index (χ4n) is 3.78. The molecule has 1 aliphatic heterocycles. The molecule has 0 saturated heterocycles. The van der Waals surface area contributed by atoms with E-state index < -0.39 is 0 Å². The number of benzene rings is 1.